The summed E-state index contributed by atoms with van der Waals surface area (Å²) in [7, 11) is 1.76. The van der Waals surface area contributed by atoms with Crippen LogP contribution in [0.5, 0.6) is 0 Å². The number of rotatable bonds is 6. The number of hydrogen-bond acceptors (Lipinski definition) is 5. The van der Waals surface area contributed by atoms with E-state index < -0.39 is 0 Å². The average Bonchev–Trinajstić information content (AvgIpc) is 2.96. The summed E-state index contributed by atoms with van der Waals surface area (Å²) >= 11 is 0. The van der Waals surface area contributed by atoms with Crippen LogP contribution in [0.2, 0.25) is 0 Å². The highest BCUT2D eigenvalue weighted by atomic mass is 16.1. The van der Waals surface area contributed by atoms with Crippen LogP contribution in [0, 0.1) is 0 Å². The number of carbonyl (C=O) groups excluding carboxylic acids is 1. The lowest BCUT2D eigenvalue weighted by Gasteiger charge is -2.08. The number of pyridine rings is 1. The summed E-state index contributed by atoms with van der Waals surface area (Å²) in [4.78, 5) is 20.0. The smallest absolute Gasteiger partial charge is 0.253 e. The van der Waals surface area contributed by atoms with Crippen LogP contribution in [-0.2, 0) is 6.42 Å². The first-order valence-electron chi connectivity index (χ1n) is 6.05. The number of anilines is 1. The Morgan fingerprint density at radius 1 is 1.47 bits per heavy atom. The molecule has 0 saturated carbocycles. The van der Waals surface area contributed by atoms with Gasteiger partial charge in [-0.15, -0.1) is 0 Å². The molecule has 100 valence electrons. The van der Waals surface area contributed by atoms with Crippen molar-refractivity contribution in [1.82, 2.24) is 25.5 Å². The molecule has 0 atom stereocenters. The van der Waals surface area contributed by atoms with Crippen molar-refractivity contribution in [2.24, 2.45) is 0 Å². The molecule has 0 aliphatic rings. The van der Waals surface area contributed by atoms with Crippen molar-refractivity contribution in [3.63, 3.8) is 0 Å². The standard InChI is InChI=1S/C12H16N6O/c1-13-10-7-14-6-4-9(10)12(19)15-5-2-3-11-16-8-17-18-11/h4,6-8,13H,2-3,5H2,1H3,(H,15,19)(H,16,17,18). The largest absolute Gasteiger partial charge is 0.386 e. The van der Waals surface area contributed by atoms with Crippen molar-refractivity contribution in [1.29, 1.82) is 0 Å². The Morgan fingerprint density at radius 3 is 3.11 bits per heavy atom. The summed E-state index contributed by atoms with van der Waals surface area (Å²) in [5, 5.41) is 12.4. The predicted octanol–water partition coefficient (Wildman–Crippen LogP) is 0.604. The van der Waals surface area contributed by atoms with E-state index in [1.807, 2.05) is 0 Å². The van der Waals surface area contributed by atoms with Crippen molar-refractivity contribution in [3.05, 3.63) is 36.2 Å². The second kappa shape index (κ2) is 6.48. The first kappa shape index (κ1) is 13.0. The van der Waals surface area contributed by atoms with Crippen molar-refractivity contribution in [2.45, 2.75) is 12.8 Å². The average molecular weight is 260 g/mol. The van der Waals surface area contributed by atoms with Crippen LogP contribution in [0.15, 0.2) is 24.8 Å². The molecule has 0 aliphatic heterocycles. The highest BCUT2D eigenvalue weighted by Crippen LogP contribution is 2.11. The maximum absolute atomic E-state index is 12.0. The van der Waals surface area contributed by atoms with Gasteiger partial charge in [0.25, 0.3) is 5.91 Å². The lowest BCUT2D eigenvalue weighted by molar-refractivity contribution is 0.0954. The Kier molecular flexibility index (Phi) is 4.44. The Labute approximate surface area is 110 Å². The van der Waals surface area contributed by atoms with E-state index in [1.165, 1.54) is 6.33 Å². The maximum Gasteiger partial charge on any atom is 0.253 e. The molecule has 2 aromatic rings. The van der Waals surface area contributed by atoms with Gasteiger partial charge in [0, 0.05) is 26.2 Å². The van der Waals surface area contributed by atoms with Gasteiger partial charge < -0.3 is 10.6 Å². The minimum Gasteiger partial charge on any atom is -0.386 e. The highest BCUT2D eigenvalue weighted by Gasteiger charge is 2.09. The minimum atomic E-state index is -0.107. The van der Waals surface area contributed by atoms with Crippen LogP contribution in [0.3, 0.4) is 0 Å². The van der Waals surface area contributed by atoms with Crippen molar-refractivity contribution < 1.29 is 4.79 Å². The number of H-pyrrole nitrogens is 1. The Bertz CT molecular complexity index is 525. The van der Waals surface area contributed by atoms with Crippen molar-refractivity contribution in [3.8, 4) is 0 Å². The SMILES string of the molecule is CNc1cnccc1C(=O)NCCCc1ncn[nH]1. The van der Waals surface area contributed by atoms with Crippen LogP contribution < -0.4 is 10.6 Å². The summed E-state index contributed by atoms with van der Waals surface area (Å²) in [6.45, 7) is 0.588. The fourth-order valence-corrected chi connectivity index (χ4v) is 1.70. The zero-order valence-electron chi connectivity index (χ0n) is 10.7. The molecule has 2 aromatic heterocycles. The number of carbonyl (C=O) groups is 1. The summed E-state index contributed by atoms with van der Waals surface area (Å²) in [6, 6.07) is 1.69. The molecule has 1 amide bonds. The fourth-order valence-electron chi connectivity index (χ4n) is 1.70. The molecule has 0 unspecified atom stereocenters. The molecule has 0 bridgehead atoms. The van der Waals surface area contributed by atoms with E-state index in [-0.39, 0.29) is 5.91 Å². The van der Waals surface area contributed by atoms with Gasteiger partial charge in [-0.3, -0.25) is 14.9 Å². The summed E-state index contributed by atoms with van der Waals surface area (Å²) < 4.78 is 0. The number of aromatic nitrogens is 4. The number of amides is 1. The molecule has 0 radical (unpaired) electrons. The molecular formula is C12H16N6O. The molecule has 0 aromatic carbocycles. The summed E-state index contributed by atoms with van der Waals surface area (Å²) in [6.07, 6.45) is 6.27. The maximum atomic E-state index is 12.0. The number of aromatic amines is 1. The van der Waals surface area contributed by atoms with E-state index in [0.29, 0.717) is 12.1 Å². The molecule has 7 nitrogen and oxygen atoms in total. The molecule has 2 heterocycles. The van der Waals surface area contributed by atoms with Gasteiger partial charge >= 0.3 is 0 Å². The second-order valence-corrected chi connectivity index (χ2v) is 3.96. The third-order valence-electron chi connectivity index (χ3n) is 2.68. The van der Waals surface area contributed by atoms with E-state index in [0.717, 1.165) is 24.4 Å². The van der Waals surface area contributed by atoms with Crippen LogP contribution in [0.1, 0.15) is 22.6 Å². The zero-order chi connectivity index (χ0) is 13.5. The third kappa shape index (κ3) is 3.51. The van der Waals surface area contributed by atoms with Crippen LogP contribution in [-0.4, -0.2) is 39.7 Å². The highest BCUT2D eigenvalue weighted by molar-refractivity contribution is 5.99. The number of nitrogens with zero attached hydrogens (tertiary/aromatic N) is 3. The lowest BCUT2D eigenvalue weighted by atomic mass is 10.2. The fraction of sp³-hybridized carbons (Fsp3) is 0.333. The van der Waals surface area contributed by atoms with Crippen molar-refractivity contribution in [2.75, 3.05) is 18.9 Å². The zero-order valence-corrected chi connectivity index (χ0v) is 10.7. The van der Waals surface area contributed by atoms with Gasteiger partial charge in [0.15, 0.2) is 0 Å². The van der Waals surface area contributed by atoms with Gasteiger partial charge in [-0.1, -0.05) is 0 Å². The molecular weight excluding hydrogens is 244 g/mol. The van der Waals surface area contributed by atoms with Gasteiger partial charge in [0.2, 0.25) is 0 Å². The number of nitrogens with one attached hydrogen (secondary N) is 3. The molecule has 0 saturated heterocycles. The van der Waals surface area contributed by atoms with E-state index in [4.69, 9.17) is 0 Å². The normalized spacial score (nSPS) is 10.2. The Morgan fingerprint density at radius 2 is 2.37 bits per heavy atom. The second-order valence-electron chi connectivity index (χ2n) is 3.96. The Balaban J connectivity index is 1.81. The van der Waals surface area contributed by atoms with Crippen LogP contribution >= 0.6 is 0 Å². The quantitative estimate of drug-likeness (QED) is 0.661. The molecule has 0 spiro atoms. The molecule has 19 heavy (non-hydrogen) atoms. The monoisotopic (exact) mass is 260 g/mol. The van der Waals surface area contributed by atoms with E-state index in [9.17, 15) is 4.79 Å². The van der Waals surface area contributed by atoms with Crippen molar-refractivity contribution >= 4 is 11.6 Å². The minimum absolute atomic E-state index is 0.107. The van der Waals surface area contributed by atoms with Gasteiger partial charge in [-0.25, -0.2) is 4.98 Å². The van der Waals surface area contributed by atoms with Crippen LogP contribution in [0.25, 0.3) is 0 Å². The molecule has 3 N–H and O–H groups in total. The van der Waals surface area contributed by atoms with E-state index in [1.54, 1.807) is 25.5 Å². The summed E-state index contributed by atoms with van der Waals surface area (Å²) in [5.74, 6) is 0.721. The topological polar surface area (TPSA) is 95.6 Å². The molecule has 0 fully saturated rings. The molecule has 2 rings (SSSR count). The first-order chi connectivity index (χ1) is 9.31. The van der Waals surface area contributed by atoms with E-state index >= 15 is 0 Å². The Hall–Kier alpha value is -2.44. The van der Waals surface area contributed by atoms with Gasteiger partial charge in [0.1, 0.15) is 12.2 Å². The summed E-state index contributed by atoms with van der Waals surface area (Å²) in [5.41, 5.74) is 1.31. The van der Waals surface area contributed by atoms with Gasteiger partial charge in [0.05, 0.1) is 17.4 Å². The molecule has 7 heteroatoms. The van der Waals surface area contributed by atoms with E-state index in [2.05, 4.69) is 30.8 Å². The van der Waals surface area contributed by atoms with Gasteiger partial charge in [-0.2, -0.15) is 5.10 Å². The third-order valence-corrected chi connectivity index (χ3v) is 2.68. The predicted molar refractivity (Wildman–Crippen MR) is 70.8 cm³/mol. The lowest BCUT2D eigenvalue weighted by Crippen LogP contribution is -2.25. The molecule has 0 aliphatic carbocycles. The first-order valence-corrected chi connectivity index (χ1v) is 6.05. The van der Waals surface area contributed by atoms with Crippen LogP contribution in [0.4, 0.5) is 5.69 Å². The number of hydrogen-bond donors (Lipinski definition) is 3. The van der Waals surface area contributed by atoms with Gasteiger partial charge in [-0.05, 0) is 12.5 Å². The number of aryl methyl sites for hydroxylation is 1.